The van der Waals surface area contributed by atoms with Crippen molar-refractivity contribution in [1.82, 2.24) is 5.32 Å². The van der Waals surface area contributed by atoms with Crippen LogP contribution in [-0.2, 0) is 6.42 Å². The molecular formula is C18H24N2O. The lowest BCUT2D eigenvalue weighted by Crippen LogP contribution is -2.24. The number of Topliss-reactive ketones (excluding diaryl/α,β-unsaturated/α-hetero) is 1. The molecule has 21 heavy (non-hydrogen) atoms. The molecule has 1 aliphatic heterocycles. The molecule has 0 fully saturated rings. The van der Waals surface area contributed by atoms with Gasteiger partial charge < -0.3 is 10.6 Å². The maximum atomic E-state index is 12.2. The first-order chi connectivity index (χ1) is 10.3. The van der Waals surface area contributed by atoms with Crippen LogP contribution in [0.5, 0.6) is 0 Å². The van der Waals surface area contributed by atoms with Gasteiger partial charge in [-0.2, -0.15) is 0 Å². The van der Waals surface area contributed by atoms with Crippen LogP contribution in [0.15, 0.2) is 29.8 Å². The predicted octanol–water partition coefficient (Wildman–Crippen LogP) is 3.32. The lowest BCUT2D eigenvalue weighted by molar-refractivity contribution is 0.0991. The zero-order valence-corrected chi connectivity index (χ0v) is 12.6. The van der Waals surface area contributed by atoms with E-state index in [1.54, 1.807) is 5.57 Å². The van der Waals surface area contributed by atoms with E-state index >= 15 is 0 Å². The minimum atomic E-state index is 0.197. The molecule has 0 spiro atoms. The van der Waals surface area contributed by atoms with E-state index in [-0.39, 0.29) is 5.78 Å². The molecule has 1 heterocycles. The van der Waals surface area contributed by atoms with E-state index in [4.69, 9.17) is 0 Å². The van der Waals surface area contributed by atoms with Crippen molar-refractivity contribution in [3.8, 4) is 0 Å². The molecule has 3 rings (SSSR count). The number of fused-ring (bicyclic) bond motifs is 1. The Kier molecular flexibility index (Phi) is 4.71. The van der Waals surface area contributed by atoms with Crippen LogP contribution in [0, 0.1) is 0 Å². The lowest BCUT2D eigenvalue weighted by Gasteiger charge is -2.12. The fraction of sp³-hybridized carbons (Fsp3) is 0.500. The van der Waals surface area contributed by atoms with Crippen LogP contribution in [0.3, 0.4) is 0 Å². The average molecular weight is 284 g/mol. The monoisotopic (exact) mass is 284 g/mol. The van der Waals surface area contributed by atoms with Crippen LogP contribution in [0.4, 0.5) is 5.69 Å². The van der Waals surface area contributed by atoms with Gasteiger partial charge in [-0.25, -0.2) is 0 Å². The van der Waals surface area contributed by atoms with E-state index < -0.39 is 0 Å². The van der Waals surface area contributed by atoms with Crippen LogP contribution in [0.25, 0.3) is 0 Å². The highest BCUT2D eigenvalue weighted by Gasteiger charge is 2.13. The lowest BCUT2D eigenvalue weighted by atomic mass is 9.97. The molecule has 3 nitrogen and oxygen atoms in total. The molecule has 0 amide bonds. The van der Waals surface area contributed by atoms with Crippen molar-refractivity contribution in [1.29, 1.82) is 0 Å². The molecule has 0 atom stereocenters. The summed E-state index contributed by atoms with van der Waals surface area (Å²) in [5.74, 6) is 0.197. The molecule has 112 valence electrons. The Balaban J connectivity index is 1.45. The van der Waals surface area contributed by atoms with Gasteiger partial charge in [0.25, 0.3) is 0 Å². The second kappa shape index (κ2) is 6.90. The van der Waals surface area contributed by atoms with Crippen LogP contribution in [0.1, 0.15) is 48.0 Å². The van der Waals surface area contributed by atoms with Crippen molar-refractivity contribution in [3.05, 3.63) is 41.0 Å². The van der Waals surface area contributed by atoms with E-state index in [0.717, 1.165) is 31.5 Å². The molecule has 0 saturated heterocycles. The average Bonchev–Trinajstić information content (AvgIpc) is 3.00. The van der Waals surface area contributed by atoms with Gasteiger partial charge in [0.1, 0.15) is 0 Å². The second-order valence-corrected chi connectivity index (χ2v) is 6.01. The maximum absolute atomic E-state index is 12.2. The van der Waals surface area contributed by atoms with Gasteiger partial charge >= 0.3 is 0 Å². The number of allylic oxidation sites excluding steroid dienone is 1. The number of nitrogens with one attached hydrogen (secondary N) is 2. The Hall–Kier alpha value is -1.61. The molecule has 0 unspecified atom stereocenters. The first-order valence-electron chi connectivity index (χ1n) is 8.11. The molecule has 1 aromatic carbocycles. The summed E-state index contributed by atoms with van der Waals surface area (Å²) < 4.78 is 0. The van der Waals surface area contributed by atoms with Crippen molar-refractivity contribution in [2.24, 2.45) is 0 Å². The van der Waals surface area contributed by atoms with Crippen molar-refractivity contribution in [2.75, 3.05) is 25.0 Å². The molecule has 0 radical (unpaired) electrons. The Morgan fingerprint density at radius 3 is 3.05 bits per heavy atom. The number of ketones is 1. The van der Waals surface area contributed by atoms with Crippen molar-refractivity contribution >= 4 is 11.5 Å². The quantitative estimate of drug-likeness (QED) is 0.478. The Bertz CT molecular complexity index is 548. The summed E-state index contributed by atoms with van der Waals surface area (Å²) in [6.07, 6.45) is 9.63. The Morgan fingerprint density at radius 2 is 2.19 bits per heavy atom. The van der Waals surface area contributed by atoms with Gasteiger partial charge in [0, 0.05) is 17.8 Å². The summed E-state index contributed by atoms with van der Waals surface area (Å²) >= 11 is 0. The van der Waals surface area contributed by atoms with Gasteiger partial charge in [0.15, 0.2) is 5.78 Å². The molecular weight excluding hydrogens is 260 g/mol. The minimum absolute atomic E-state index is 0.197. The fourth-order valence-corrected chi connectivity index (χ4v) is 3.16. The summed E-state index contributed by atoms with van der Waals surface area (Å²) in [6, 6.07) is 6.01. The number of anilines is 1. The first kappa shape index (κ1) is 14.3. The summed E-state index contributed by atoms with van der Waals surface area (Å²) in [4.78, 5) is 12.2. The van der Waals surface area contributed by atoms with Crippen LogP contribution >= 0.6 is 0 Å². The second-order valence-electron chi connectivity index (χ2n) is 6.01. The van der Waals surface area contributed by atoms with E-state index in [9.17, 15) is 4.79 Å². The highest BCUT2D eigenvalue weighted by Crippen LogP contribution is 2.23. The van der Waals surface area contributed by atoms with Crippen LogP contribution < -0.4 is 10.6 Å². The standard InChI is InChI=1S/C18H24N2O/c21-18(13-19-10-8-14-4-2-1-3-5-14)16-6-7-17-15(12-16)9-11-20-17/h4,6-7,12,19-20H,1-3,5,8-11,13H2. The highest BCUT2D eigenvalue weighted by molar-refractivity contribution is 5.98. The Morgan fingerprint density at radius 1 is 1.24 bits per heavy atom. The zero-order valence-electron chi connectivity index (χ0n) is 12.6. The minimum Gasteiger partial charge on any atom is -0.384 e. The van der Waals surface area contributed by atoms with Gasteiger partial charge in [0.05, 0.1) is 6.54 Å². The summed E-state index contributed by atoms with van der Waals surface area (Å²) in [7, 11) is 0. The first-order valence-corrected chi connectivity index (χ1v) is 8.11. The van der Waals surface area contributed by atoms with Gasteiger partial charge in [-0.3, -0.25) is 4.79 Å². The van der Waals surface area contributed by atoms with E-state index in [1.807, 2.05) is 18.2 Å². The summed E-state index contributed by atoms with van der Waals surface area (Å²) in [5, 5.41) is 6.61. The molecule has 2 aliphatic rings. The number of carbonyl (C=O) groups is 1. The molecule has 0 saturated carbocycles. The van der Waals surface area contributed by atoms with Crippen molar-refractivity contribution in [2.45, 2.75) is 38.5 Å². The van der Waals surface area contributed by atoms with Gasteiger partial charge in [0.2, 0.25) is 0 Å². The van der Waals surface area contributed by atoms with Crippen LogP contribution in [-0.4, -0.2) is 25.4 Å². The zero-order chi connectivity index (χ0) is 14.5. The van der Waals surface area contributed by atoms with Crippen molar-refractivity contribution < 1.29 is 4.79 Å². The van der Waals surface area contributed by atoms with Gasteiger partial charge in [-0.15, -0.1) is 0 Å². The summed E-state index contributed by atoms with van der Waals surface area (Å²) in [6.45, 7) is 2.34. The maximum Gasteiger partial charge on any atom is 0.176 e. The van der Waals surface area contributed by atoms with Gasteiger partial charge in [-0.1, -0.05) is 11.6 Å². The Labute approximate surface area is 126 Å². The number of carbonyl (C=O) groups excluding carboxylic acids is 1. The largest absolute Gasteiger partial charge is 0.384 e. The van der Waals surface area contributed by atoms with Gasteiger partial charge in [-0.05, 0) is 68.8 Å². The smallest absolute Gasteiger partial charge is 0.176 e. The van der Waals surface area contributed by atoms with Crippen LogP contribution in [0.2, 0.25) is 0 Å². The number of hydrogen-bond acceptors (Lipinski definition) is 3. The third-order valence-corrected chi connectivity index (χ3v) is 4.43. The predicted molar refractivity (Wildman–Crippen MR) is 87.0 cm³/mol. The van der Waals surface area contributed by atoms with E-state index in [1.165, 1.54) is 36.9 Å². The molecule has 1 aliphatic carbocycles. The third-order valence-electron chi connectivity index (χ3n) is 4.43. The summed E-state index contributed by atoms with van der Waals surface area (Å²) in [5.41, 5.74) is 4.85. The molecule has 2 N–H and O–H groups in total. The number of benzene rings is 1. The molecule has 0 bridgehead atoms. The third kappa shape index (κ3) is 3.73. The number of rotatable bonds is 6. The van der Waals surface area contributed by atoms with E-state index in [0.29, 0.717) is 6.54 Å². The normalized spacial score (nSPS) is 17.0. The molecule has 1 aromatic rings. The molecule has 3 heteroatoms. The van der Waals surface area contributed by atoms with E-state index in [2.05, 4.69) is 16.7 Å². The topological polar surface area (TPSA) is 41.1 Å². The van der Waals surface area contributed by atoms with Crippen molar-refractivity contribution in [3.63, 3.8) is 0 Å². The fourth-order valence-electron chi connectivity index (χ4n) is 3.16. The molecule has 0 aromatic heterocycles. The highest BCUT2D eigenvalue weighted by atomic mass is 16.1. The number of hydrogen-bond donors (Lipinski definition) is 2. The SMILES string of the molecule is O=C(CNCCC1=CCCCC1)c1ccc2c(c1)CCN2.